The number of aryl methyl sites for hydroxylation is 1. The topological polar surface area (TPSA) is 30.7 Å². The standard InChI is InChI=1S/C13H16BF3N3/c15-14(16,17)9-5-2-6-10-20-11-13(18-19-20)12-7-3-1-4-8-12/h1,3-4,7-8,11H,2,5-6,9-10H2/q-1. The Morgan fingerprint density at radius 3 is 2.45 bits per heavy atom. The Labute approximate surface area is 115 Å². The zero-order valence-corrected chi connectivity index (χ0v) is 11.1. The lowest BCUT2D eigenvalue weighted by molar-refractivity contribution is 0.455. The highest BCUT2D eigenvalue weighted by atomic mass is 19.4. The molecule has 2 aromatic rings. The van der Waals surface area contributed by atoms with Crippen LogP contribution in [-0.4, -0.2) is 22.0 Å². The van der Waals surface area contributed by atoms with Crippen molar-refractivity contribution in [2.75, 3.05) is 0 Å². The zero-order valence-electron chi connectivity index (χ0n) is 11.1. The monoisotopic (exact) mass is 282 g/mol. The van der Waals surface area contributed by atoms with Gasteiger partial charge in [-0.1, -0.05) is 54.7 Å². The largest absolute Gasteiger partial charge is 0.478 e. The van der Waals surface area contributed by atoms with Gasteiger partial charge in [0.25, 0.3) is 0 Å². The summed E-state index contributed by atoms with van der Waals surface area (Å²) in [6.45, 7) is -4.04. The summed E-state index contributed by atoms with van der Waals surface area (Å²) >= 11 is 0. The summed E-state index contributed by atoms with van der Waals surface area (Å²) in [5.41, 5.74) is 1.77. The molecule has 0 aliphatic carbocycles. The molecule has 0 unspecified atom stereocenters. The van der Waals surface area contributed by atoms with Crippen molar-refractivity contribution in [2.45, 2.75) is 32.1 Å². The van der Waals surface area contributed by atoms with Gasteiger partial charge in [-0.25, -0.2) is 0 Å². The van der Waals surface area contributed by atoms with Crippen molar-refractivity contribution in [3.05, 3.63) is 36.5 Å². The third kappa shape index (κ3) is 4.72. The van der Waals surface area contributed by atoms with Gasteiger partial charge in [0.05, 0.1) is 6.20 Å². The first-order valence-electron chi connectivity index (χ1n) is 6.71. The molecule has 0 atom stereocenters. The fourth-order valence-corrected chi connectivity index (χ4v) is 1.98. The minimum absolute atomic E-state index is 0.198. The second kappa shape index (κ2) is 6.59. The van der Waals surface area contributed by atoms with Crippen LogP contribution in [0.15, 0.2) is 36.5 Å². The summed E-state index contributed by atoms with van der Waals surface area (Å²) < 4.78 is 37.8. The number of halogens is 3. The second-order valence-electron chi connectivity index (χ2n) is 4.79. The van der Waals surface area contributed by atoms with Crippen molar-refractivity contribution < 1.29 is 12.9 Å². The van der Waals surface area contributed by atoms with Gasteiger partial charge in [-0.05, 0) is 6.42 Å². The summed E-state index contributed by atoms with van der Waals surface area (Å²) in [6.07, 6.45) is 2.62. The molecule has 1 heterocycles. The van der Waals surface area contributed by atoms with Gasteiger partial charge in [0.15, 0.2) is 0 Å². The second-order valence-corrected chi connectivity index (χ2v) is 4.79. The van der Waals surface area contributed by atoms with Crippen molar-refractivity contribution in [3.63, 3.8) is 0 Å². The highest BCUT2D eigenvalue weighted by molar-refractivity contribution is 6.58. The highest BCUT2D eigenvalue weighted by Gasteiger charge is 2.21. The molecule has 0 spiro atoms. The molecular weight excluding hydrogens is 266 g/mol. The van der Waals surface area contributed by atoms with E-state index in [9.17, 15) is 12.9 Å². The Kier molecular flexibility index (Phi) is 4.81. The molecule has 0 N–H and O–H groups in total. The molecule has 3 nitrogen and oxygen atoms in total. The third-order valence-corrected chi connectivity index (χ3v) is 3.03. The van der Waals surface area contributed by atoms with E-state index in [0.717, 1.165) is 11.3 Å². The molecule has 108 valence electrons. The zero-order chi connectivity index (χ0) is 14.4. The van der Waals surface area contributed by atoms with Crippen LogP contribution >= 0.6 is 0 Å². The van der Waals surface area contributed by atoms with Crippen molar-refractivity contribution in [3.8, 4) is 11.3 Å². The molecule has 0 saturated carbocycles. The molecule has 2 rings (SSSR count). The van der Waals surface area contributed by atoms with E-state index in [1.54, 1.807) is 4.68 Å². The van der Waals surface area contributed by atoms with E-state index >= 15 is 0 Å². The first kappa shape index (κ1) is 14.6. The van der Waals surface area contributed by atoms with E-state index < -0.39 is 13.3 Å². The van der Waals surface area contributed by atoms with Crippen molar-refractivity contribution in [1.29, 1.82) is 0 Å². The van der Waals surface area contributed by atoms with E-state index in [1.165, 1.54) is 0 Å². The number of nitrogens with zero attached hydrogens (tertiary/aromatic N) is 3. The Balaban J connectivity index is 1.76. The van der Waals surface area contributed by atoms with Crippen molar-refractivity contribution in [2.24, 2.45) is 0 Å². The van der Waals surface area contributed by atoms with Gasteiger partial charge in [-0.15, -0.1) is 5.10 Å². The van der Waals surface area contributed by atoms with Crippen LogP contribution in [0.25, 0.3) is 11.3 Å². The summed E-state index contributed by atoms with van der Waals surface area (Å²) in [6, 6.07) is 9.66. The molecule has 0 bridgehead atoms. The lowest BCUT2D eigenvalue weighted by Gasteiger charge is -2.12. The maximum Gasteiger partial charge on any atom is 0.478 e. The Morgan fingerprint density at radius 2 is 1.75 bits per heavy atom. The minimum Gasteiger partial charge on any atom is -0.449 e. The number of benzene rings is 1. The lowest BCUT2D eigenvalue weighted by atomic mass is 9.83. The van der Waals surface area contributed by atoms with E-state index in [2.05, 4.69) is 10.3 Å². The van der Waals surface area contributed by atoms with Crippen LogP contribution in [0.1, 0.15) is 19.3 Å². The van der Waals surface area contributed by atoms with Gasteiger partial charge in [0, 0.05) is 12.1 Å². The van der Waals surface area contributed by atoms with E-state index in [-0.39, 0.29) is 6.42 Å². The maximum absolute atomic E-state index is 12.0. The van der Waals surface area contributed by atoms with Crippen LogP contribution < -0.4 is 0 Å². The molecule has 0 aliphatic heterocycles. The van der Waals surface area contributed by atoms with Gasteiger partial charge in [-0.3, -0.25) is 4.68 Å². The van der Waals surface area contributed by atoms with E-state index in [1.807, 2.05) is 36.5 Å². The summed E-state index contributed by atoms with van der Waals surface area (Å²) in [7, 11) is 0. The lowest BCUT2D eigenvalue weighted by Crippen LogP contribution is -2.13. The number of hydrogen-bond donors (Lipinski definition) is 0. The van der Waals surface area contributed by atoms with Crippen molar-refractivity contribution >= 4 is 6.98 Å². The van der Waals surface area contributed by atoms with Gasteiger partial charge >= 0.3 is 6.98 Å². The van der Waals surface area contributed by atoms with E-state index in [0.29, 0.717) is 19.4 Å². The van der Waals surface area contributed by atoms with Gasteiger partial charge in [0.2, 0.25) is 0 Å². The van der Waals surface area contributed by atoms with Crippen LogP contribution in [0.5, 0.6) is 0 Å². The van der Waals surface area contributed by atoms with Crippen LogP contribution in [-0.2, 0) is 6.54 Å². The fraction of sp³-hybridized carbons (Fsp3) is 0.385. The number of hydrogen-bond acceptors (Lipinski definition) is 2. The van der Waals surface area contributed by atoms with Crippen LogP contribution in [0.4, 0.5) is 12.9 Å². The smallest absolute Gasteiger partial charge is 0.449 e. The SMILES string of the molecule is F[B-](F)(F)CCCCCn1cc(-c2ccccc2)nn1. The third-order valence-electron chi connectivity index (χ3n) is 3.03. The average molecular weight is 282 g/mol. The Morgan fingerprint density at radius 1 is 1.00 bits per heavy atom. The minimum atomic E-state index is -4.64. The molecule has 0 aliphatic rings. The molecule has 20 heavy (non-hydrogen) atoms. The molecule has 0 amide bonds. The quantitative estimate of drug-likeness (QED) is 0.568. The van der Waals surface area contributed by atoms with E-state index in [4.69, 9.17) is 0 Å². The summed E-state index contributed by atoms with van der Waals surface area (Å²) in [5, 5.41) is 8.05. The Hall–Kier alpha value is -1.79. The Bertz CT molecular complexity index is 525. The predicted molar refractivity (Wildman–Crippen MR) is 73.2 cm³/mol. The van der Waals surface area contributed by atoms with Gasteiger partial charge in [-0.2, -0.15) is 0 Å². The first-order chi connectivity index (χ1) is 9.54. The first-order valence-corrected chi connectivity index (χ1v) is 6.71. The van der Waals surface area contributed by atoms with Crippen LogP contribution in [0.2, 0.25) is 6.32 Å². The van der Waals surface area contributed by atoms with Crippen LogP contribution in [0.3, 0.4) is 0 Å². The molecule has 7 heteroatoms. The summed E-state index contributed by atoms with van der Waals surface area (Å²) in [5.74, 6) is 0. The van der Waals surface area contributed by atoms with Crippen molar-refractivity contribution in [1.82, 2.24) is 15.0 Å². The molecule has 0 saturated heterocycles. The fourth-order valence-electron chi connectivity index (χ4n) is 1.98. The number of unbranched alkanes of at least 4 members (excludes halogenated alkanes) is 2. The summed E-state index contributed by atoms with van der Waals surface area (Å²) in [4.78, 5) is 0. The predicted octanol–water partition coefficient (Wildman–Crippen LogP) is 3.96. The van der Waals surface area contributed by atoms with Gasteiger partial charge < -0.3 is 12.9 Å². The number of aromatic nitrogens is 3. The molecule has 1 aromatic heterocycles. The van der Waals surface area contributed by atoms with Gasteiger partial charge in [0.1, 0.15) is 5.69 Å². The molecule has 0 radical (unpaired) electrons. The molecular formula is C13H16BF3N3-. The highest BCUT2D eigenvalue weighted by Crippen LogP contribution is 2.19. The normalized spacial score (nSPS) is 11.8. The molecule has 0 fully saturated rings. The average Bonchev–Trinajstić information content (AvgIpc) is 2.87. The molecule has 1 aromatic carbocycles. The number of rotatable bonds is 7. The maximum atomic E-state index is 12.0. The van der Waals surface area contributed by atoms with Crippen LogP contribution in [0, 0.1) is 0 Å².